The van der Waals surface area contributed by atoms with Crippen molar-refractivity contribution in [2.24, 2.45) is 0 Å². The highest BCUT2D eigenvalue weighted by molar-refractivity contribution is 6.26. The second-order valence-electron chi connectivity index (χ2n) is 5.45. The summed E-state index contributed by atoms with van der Waals surface area (Å²) in [7, 11) is 0. The van der Waals surface area contributed by atoms with Crippen molar-refractivity contribution in [3.05, 3.63) is 53.6 Å². The molecule has 1 N–H and O–H groups in total. The first-order valence-corrected chi connectivity index (χ1v) is 7.08. The second kappa shape index (κ2) is 4.64. The van der Waals surface area contributed by atoms with Crippen LogP contribution in [0.4, 0.5) is 5.69 Å². The van der Waals surface area contributed by atoms with Crippen LogP contribution in [-0.4, -0.2) is 17.8 Å². The zero-order valence-electron chi connectivity index (χ0n) is 12.2. The molecule has 1 heterocycles. The Morgan fingerprint density at radius 1 is 0.957 bits per heavy atom. The van der Waals surface area contributed by atoms with Crippen molar-refractivity contribution in [2.45, 2.75) is 6.92 Å². The van der Waals surface area contributed by atoms with Crippen molar-refractivity contribution in [1.29, 1.82) is 0 Å². The SMILES string of the molecule is CC(=O)Nc1cc2c3c(cc4ccccc4c3c1)C(=O)OC2=O. The number of anilines is 1. The van der Waals surface area contributed by atoms with Crippen LogP contribution in [-0.2, 0) is 9.53 Å². The molecule has 1 aliphatic heterocycles. The first-order chi connectivity index (χ1) is 11.0. The molecule has 1 amide bonds. The molecule has 0 saturated heterocycles. The molecule has 0 spiro atoms. The van der Waals surface area contributed by atoms with Crippen LogP contribution >= 0.6 is 0 Å². The zero-order valence-corrected chi connectivity index (χ0v) is 12.2. The van der Waals surface area contributed by atoms with Crippen LogP contribution in [0.3, 0.4) is 0 Å². The van der Waals surface area contributed by atoms with Gasteiger partial charge in [0.2, 0.25) is 5.91 Å². The molecule has 0 aromatic heterocycles. The fourth-order valence-electron chi connectivity index (χ4n) is 3.03. The van der Waals surface area contributed by atoms with E-state index in [1.54, 1.807) is 12.1 Å². The van der Waals surface area contributed by atoms with Gasteiger partial charge in [0, 0.05) is 18.0 Å². The number of carbonyl (C=O) groups excluding carboxylic acids is 3. The maximum absolute atomic E-state index is 12.1. The van der Waals surface area contributed by atoms with E-state index in [1.807, 2.05) is 24.3 Å². The van der Waals surface area contributed by atoms with Gasteiger partial charge in [0.1, 0.15) is 0 Å². The minimum absolute atomic E-state index is 0.239. The van der Waals surface area contributed by atoms with Gasteiger partial charge < -0.3 is 10.1 Å². The van der Waals surface area contributed by atoms with Gasteiger partial charge in [-0.1, -0.05) is 24.3 Å². The van der Waals surface area contributed by atoms with E-state index in [1.165, 1.54) is 13.0 Å². The Bertz CT molecular complexity index is 1040. The van der Waals surface area contributed by atoms with Crippen molar-refractivity contribution in [1.82, 2.24) is 0 Å². The Kier molecular flexibility index (Phi) is 2.72. The number of benzene rings is 3. The van der Waals surface area contributed by atoms with E-state index < -0.39 is 11.9 Å². The highest BCUT2D eigenvalue weighted by Gasteiger charge is 2.29. The minimum atomic E-state index is -0.699. The number of rotatable bonds is 1. The fourth-order valence-corrected chi connectivity index (χ4v) is 3.03. The predicted molar refractivity (Wildman–Crippen MR) is 85.5 cm³/mol. The molecular weight excluding hydrogens is 294 g/mol. The molecule has 5 heteroatoms. The van der Waals surface area contributed by atoms with Gasteiger partial charge in [0.25, 0.3) is 0 Å². The van der Waals surface area contributed by atoms with E-state index in [0.717, 1.165) is 16.2 Å². The highest BCUT2D eigenvalue weighted by Crippen LogP contribution is 2.36. The Labute approximate surface area is 130 Å². The summed E-state index contributed by atoms with van der Waals surface area (Å²) in [6.07, 6.45) is 0. The van der Waals surface area contributed by atoms with E-state index in [4.69, 9.17) is 4.74 Å². The highest BCUT2D eigenvalue weighted by atomic mass is 16.6. The molecular formula is C18H11NO4. The second-order valence-corrected chi connectivity index (χ2v) is 5.45. The van der Waals surface area contributed by atoms with Gasteiger partial charge >= 0.3 is 11.9 Å². The minimum Gasteiger partial charge on any atom is -0.386 e. The molecule has 0 bridgehead atoms. The lowest BCUT2D eigenvalue weighted by Gasteiger charge is -2.18. The first-order valence-electron chi connectivity index (χ1n) is 7.08. The third-order valence-corrected chi connectivity index (χ3v) is 3.90. The summed E-state index contributed by atoms with van der Waals surface area (Å²) >= 11 is 0. The summed E-state index contributed by atoms with van der Waals surface area (Å²) < 4.78 is 4.82. The molecule has 0 unspecified atom stereocenters. The molecule has 3 aromatic carbocycles. The van der Waals surface area contributed by atoms with Gasteiger partial charge in [-0.2, -0.15) is 0 Å². The number of cyclic esters (lactones) is 2. The summed E-state index contributed by atoms with van der Waals surface area (Å²) in [4.78, 5) is 35.5. The third-order valence-electron chi connectivity index (χ3n) is 3.90. The van der Waals surface area contributed by atoms with E-state index in [0.29, 0.717) is 16.6 Å². The molecule has 5 nitrogen and oxygen atoms in total. The van der Waals surface area contributed by atoms with Gasteiger partial charge in [-0.3, -0.25) is 4.79 Å². The number of nitrogens with one attached hydrogen (secondary N) is 1. The summed E-state index contributed by atoms with van der Waals surface area (Å²) in [5.41, 5.74) is 1.14. The van der Waals surface area contributed by atoms with E-state index in [-0.39, 0.29) is 11.5 Å². The zero-order chi connectivity index (χ0) is 16.1. The van der Waals surface area contributed by atoms with Crippen LogP contribution in [0.15, 0.2) is 42.5 Å². The Balaban J connectivity index is 2.20. The predicted octanol–water partition coefficient (Wildman–Crippen LogP) is 3.26. The van der Waals surface area contributed by atoms with Crippen LogP contribution in [0.1, 0.15) is 27.6 Å². The number of carbonyl (C=O) groups is 3. The van der Waals surface area contributed by atoms with E-state index in [9.17, 15) is 14.4 Å². The Hall–Kier alpha value is -3.21. The normalized spacial score (nSPS) is 13.3. The van der Waals surface area contributed by atoms with Gasteiger partial charge in [0.15, 0.2) is 0 Å². The molecule has 0 saturated carbocycles. The molecule has 4 rings (SSSR count). The molecule has 0 atom stereocenters. The lowest BCUT2D eigenvalue weighted by Crippen LogP contribution is -2.20. The lowest BCUT2D eigenvalue weighted by atomic mass is 9.92. The number of hydrogen-bond donors (Lipinski definition) is 1. The van der Waals surface area contributed by atoms with Crippen LogP contribution in [0.25, 0.3) is 21.5 Å². The van der Waals surface area contributed by atoms with Gasteiger partial charge in [-0.05, 0) is 34.4 Å². The smallest absolute Gasteiger partial charge is 0.346 e. The number of amides is 1. The molecule has 1 aliphatic rings. The third kappa shape index (κ3) is 1.97. The lowest BCUT2D eigenvalue weighted by molar-refractivity contribution is -0.114. The standard InChI is InChI=1S/C18H11NO4/c1-9(20)19-11-7-13-12-5-3-2-4-10(12)6-14-16(13)15(8-11)18(22)23-17(14)21/h2-8H,1H3,(H,19,20). The summed E-state index contributed by atoms with van der Waals surface area (Å²) in [6.45, 7) is 1.39. The largest absolute Gasteiger partial charge is 0.386 e. The van der Waals surface area contributed by atoms with Crippen LogP contribution in [0, 0.1) is 0 Å². The van der Waals surface area contributed by atoms with E-state index >= 15 is 0 Å². The number of esters is 2. The maximum atomic E-state index is 12.1. The topological polar surface area (TPSA) is 72.5 Å². The number of fused-ring (bicyclic) bond motifs is 2. The quantitative estimate of drug-likeness (QED) is 0.425. The molecule has 0 radical (unpaired) electrons. The van der Waals surface area contributed by atoms with E-state index in [2.05, 4.69) is 5.32 Å². The van der Waals surface area contributed by atoms with Crippen LogP contribution in [0.2, 0.25) is 0 Å². The monoisotopic (exact) mass is 305 g/mol. The number of hydrogen-bond acceptors (Lipinski definition) is 4. The average Bonchev–Trinajstić information content (AvgIpc) is 2.51. The van der Waals surface area contributed by atoms with Gasteiger partial charge in [-0.15, -0.1) is 0 Å². The van der Waals surface area contributed by atoms with Crippen LogP contribution < -0.4 is 5.32 Å². The molecule has 0 fully saturated rings. The van der Waals surface area contributed by atoms with Crippen molar-refractivity contribution >= 4 is 45.1 Å². The Morgan fingerprint density at radius 2 is 1.65 bits per heavy atom. The average molecular weight is 305 g/mol. The molecule has 3 aromatic rings. The summed E-state index contributed by atoms with van der Waals surface area (Å²) in [6, 6.07) is 12.6. The van der Waals surface area contributed by atoms with Gasteiger partial charge in [-0.25, -0.2) is 9.59 Å². The molecule has 112 valence electrons. The summed E-state index contributed by atoms with van der Waals surface area (Å²) in [5, 5.41) is 5.76. The number of ether oxygens (including phenoxy) is 1. The first kappa shape index (κ1) is 13.5. The van der Waals surface area contributed by atoms with Crippen molar-refractivity contribution in [3.63, 3.8) is 0 Å². The van der Waals surface area contributed by atoms with Crippen molar-refractivity contribution < 1.29 is 19.1 Å². The maximum Gasteiger partial charge on any atom is 0.346 e. The molecule has 23 heavy (non-hydrogen) atoms. The van der Waals surface area contributed by atoms with Gasteiger partial charge in [0.05, 0.1) is 11.1 Å². The van der Waals surface area contributed by atoms with Crippen LogP contribution in [0.5, 0.6) is 0 Å². The summed E-state index contributed by atoms with van der Waals surface area (Å²) in [5.74, 6) is -1.59. The Morgan fingerprint density at radius 3 is 2.39 bits per heavy atom. The van der Waals surface area contributed by atoms with Crippen molar-refractivity contribution in [3.8, 4) is 0 Å². The van der Waals surface area contributed by atoms with Crippen molar-refractivity contribution in [2.75, 3.05) is 5.32 Å². The molecule has 0 aliphatic carbocycles. The fraction of sp³-hybridized carbons (Fsp3) is 0.0556.